The van der Waals surface area contributed by atoms with Crippen LogP contribution in [0.15, 0.2) is 0 Å². The van der Waals surface area contributed by atoms with E-state index >= 15 is 0 Å². The van der Waals surface area contributed by atoms with Crippen molar-refractivity contribution < 1.29 is 9.84 Å². The molecule has 3 nitrogen and oxygen atoms in total. The fourth-order valence-electron chi connectivity index (χ4n) is 2.75. The third kappa shape index (κ3) is 4.57. The molecule has 2 saturated carbocycles. The number of nitrogens with one attached hydrogen (secondary N) is 1. The van der Waals surface area contributed by atoms with Crippen molar-refractivity contribution >= 4 is 0 Å². The minimum atomic E-state index is 0.143. The Kier molecular flexibility index (Phi) is 5.26. The van der Waals surface area contributed by atoms with E-state index in [1.54, 1.807) is 0 Å². The van der Waals surface area contributed by atoms with Crippen LogP contribution in [-0.2, 0) is 4.74 Å². The smallest absolute Gasteiger partial charge is 0.0645 e. The van der Waals surface area contributed by atoms with Crippen LogP contribution in [0.2, 0.25) is 0 Å². The summed E-state index contributed by atoms with van der Waals surface area (Å²) in [6.45, 7) is 3.15. The quantitative estimate of drug-likeness (QED) is 0.717. The first-order chi connectivity index (χ1) is 8.31. The fraction of sp³-hybridized carbons (Fsp3) is 1.00. The number of rotatable bonds is 7. The van der Waals surface area contributed by atoms with Gasteiger partial charge >= 0.3 is 0 Å². The van der Waals surface area contributed by atoms with Crippen LogP contribution in [0.5, 0.6) is 0 Å². The lowest BCUT2D eigenvalue weighted by atomic mass is 9.85. The first-order valence-electron chi connectivity index (χ1n) is 7.30. The minimum absolute atomic E-state index is 0.143. The summed E-state index contributed by atoms with van der Waals surface area (Å²) in [5.74, 6) is 0.859. The van der Waals surface area contributed by atoms with E-state index < -0.39 is 0 Å². The Morgan fingerprint density at radius 1 is 1.29 bits per heavy atom. The van der Waals surface area contributed by atoms with E-state index in [0.29, 0.717) is 18.8 Å². The lowest BCUT2D eigenvalue weighted by Gasteiger charge is -2.29. The zero-order chi connectivity index (χ0) is 12.1. The maximum atomic E-state index is 9.29. The van der Waals surface area contributed by atoms with Crippen molar-refractivity contribution in [3.8, 4) is 0 Å². The second-order valence-electron chi connectivity index (χ2n) is 5.72. The molecule has 0 amide bonds. The molecule has 0 aromatic heterocycles. The number of hydrogen-bond acceptors (Lipinski definition) is 3. The van der Waals surface area contributed by atoms with Crippen LogP contribution in [-0.4, -0.2) is 36.5 Å². The molecule has 2 aliphatic carbocycles. The molecule has 2 fully saturated rings. The predicted molar refractivity (Wildman–Crippen MR) is 69.0 cm³/mol. The highest BCUT2D eigenvalue weighted by Crippen LogP contribution is 2.28. The van der Waals surface area contributed by atoms with Gasteiger partial charge in [-0.25, -0.2) is 0 Å². The number of aliphatic hydroxyl groups is 1. The molecule has 3 unspecified atom stereocenters. The molecular weight excluding hydrogens is 214 g/mol. The average molecular weight is 241 g/mol. The molecular formula is C14H27NO2. The van der Waals surface area contributed by atoms with Gasteiger partial charge in [-0.15, -0.1) is 0 Å². The van der Waals surface area contributed by atoms with E-state index in [2.05, 4.69) is 12.2 Å². The van der Waals surface area contributed by atoms with Gasteiger partial charge in [0.25, 0.3) is 0 Å². The van der Waals surface area contributed by atoms with Crippen LogP contribution >= 0.6 is 0 Å². The Balaban J connectivity index is 1.64. The normalized spacial score (nSPS) is 31.4. The zero-order valence-corrected chi connectivity index (χ0v) is 11.0. The molecule has 0 aromatic rings. The molecule has 0 heterocycles. The van der Waals surface area contributed by atoms with Gasteiger partial charge in [0, 0.05) is 6.04 Å². The van der Waals surface area contributed by atoms with Gasteiger partial charge in [-0.1, -0.05) is 26.2 Å². The Bertz CT molecular complexity index is 218. The third-order valence-corrected chi connectivity index (χ3v) is 4.11. The van der Waals surface area contributed by atoms with Gasteiger partial charge in [0.2, 0.25) is 0 Å². The fourth-order valence-corrected chi connectivity index (χ4v) is 2.75. The summed E-state index contributed by atoms with van der Waals surface area (Å²) >= 11 is 0. The molecule has 2 aliphatic rings. The van der Waals surface area contributed by atoms with Crippen molar-refractivity contribution in [3.05, 3.63) is 0 Å². The predicted octanol–water partition coefficient (Wildman–Crippen LogP) is 2.08. The maximum absolute atomic E-state index is 9.29. The Morgan fingerprint density at radius 3 is 2.76 bits per heavy atom. The molecule has 0 saturated heterocycles. The highest BCUT2D eigenvalue weighted by Gasteiger charge is 2.26. The van der Waals surface area contributed by atoms with E-state index in [-0.39, 0.29) is 12.6 Å². The summed E-state index contributed by atoms with van der Waals surface area (Å²) in [5.41, 5.74) is 0. The molecule has 0 radical (unpaired) electrons. The monoisotopic (exact) mass is 241 g/mol. The molecule has 17 heavy (non-hydrogen) atoms. The Hall–Kier alpha value is -0.120. The number of aliphatic hydroxyl groups excluding tert-OH is 1. The second-order valence-corrected chi connectivity index (χ2v) is 5.72. The molecule has 100 valence electrons. The second kappa shape index (κ2) is 6.72. The Labute approximate surface area is 105 Å². The van der Waals surface area contributed by atoms with Crippen molar-refractivity contribution in [2.75, 3.05) is 13.2 Å². The average Bonchev–Trinajstić information content (AvgIpc) is 3.18. The zero-order valence-electron chi connectivity index (χ0n) is 11.0. The van der Waals surface area contributed by atoms with Gasteiger partial charge in [-0.2, -0.15) is 0 Å². The lowest BCUT2D eigenvalue weighted by molar-refractivity contribution is -0.00588. The van der Waals surface area contributed by atoms with Gasteiger partial charge in [0.05, 0.1) is 25.4 Å². The molecule has 0 spiro atoms. The van der Waals surface area contributed by atoms with E-state index in [1.165, 1.54) is 44.9 Å². The van der Waals surface area contributed by atoms with Crippen LogP contribution in [0, 0.1) is 5.92 Å². The molecule has 0 bridgehead atoms. The largest absolute Gasteiger partial charge is 0.395 e. The minimum Gasteiger partial charge on any atom is -0.395 e. The summed E-state index contributed by atoms with van der Waals surface area (Å²) in [7, 11) is 0. The molecule has 0 aliphatic heterocycles. The van der Waals surface area contributed by atoms with Gasteiger partial charge in [0.1, 0.15) is 0 Å². The van der Waals surface area contributed by atoms with Crippen LogP contribution < -0.4 is 5.32 Å². The number of ether oxygens (including phenoxy) is 1. The van der Waals surface area contributed by atoms with Crippen molar-refractivity contribution in [1.82, 2.24) is 5.32 Å². The summed E-state index contributed by atoms with van der Waals surface area (Å²) in [4.78, 5) is 0. The van der Waals surface area contributed by atoms with E-state index in [0.717, 1.165) is 5.92 Å². The van der Waals surface area contributed by atoms with E-state index in [4.69, 9.17) is 4.74 Å². The molecule has 3 heteroatoms. The molecule has 3 atom stereocenters. The molecule has 2 rings (SSSR count). The first-order valence-corrected chi connectivity index (χ1v) is 7.30. The summed E-state index contributed by atoms with van der Waals surface area (Å²) in [5, 5.41) is 12.7. The lowest BCUT2D eigenvalue weighted by Crippen LogP contribution is -2.39. The summed E-state index contributed by atoms with van der Waals surface area (Å²) in [6.07, 6.45) is 9.35. The van der Waals surface area contributed by atoms with Crippen molar-refractivity contribution in [1.29, 1.82) is 0 Å². The van der Waals surface area contributed by atoms with Gasteiger partial charge in [-0.05, 0) is 31.6 Å². The first kappa shape index (κ1) is 13.3. The van der Waals surface area contributed by atoms with Crippen LogP contribution in [0.1, 0.15) is 51.9 Å². The van der Waals surface area contributed by atoms with Crippen LogP contribution in [0.25, 0.3) is 0 Å². The molecule has 0 aromatic carbocycles. The topological polar surface area (TPSA) is 41.5 Å². The standard InChI is InChI=1S/C14H27NO2/c1-2-11-4-3-5-14(8-11)17-10-13(9-16)15-12-6-7-12/h11-16H,2-10H2,1H3. The van der Waals surface area contributed by atoms with Crippen LogP contribution in [0.4, 0.5) is 0 Å². The van der Waals surface area contributed by atoms with Crippen molar-refractivity contribution in [2.24, 2.45) is 5.92 Å². The van der Waals surface area contributed by atoms with Gasteiger partial charge < -0.3 is 15.2 Å². The maximum Gasteiger partial charge on any atom is 0.0645 e. The summed E-state index contributed by atoms with van der Waals surface area (Å²) < 4.78 is 5.97. The highest BCUT2D eigenvalue weighted by molar-refractivity contribution is 4.85. The van der Waals surface area contributed by atoms with Gasteiger partial charge in [-0.3, -0.25) is 0 Å². The molecule has 2 N–H and O–H groups in total. The van der Waals surface area contributed by atoms with E-state index in [9.17, 15) is 5.11 Å². The van der Waals surface area contributed by atoms with Crippen molar-refractivity contribution in [3.63, 3.8) is 0 Å². The van der Waals surface area contributed by atoms with E-state index in [1.807, 2.05) is 0 Å². The summed E-state index contributed by atoms with van der Waals surface area (Å²) in [6, 6.07) is 0.787. The van der Waals surface area contributed by atoms with Crippen molar-refractivity contribution in [2.45, 2.75) is 70.1 Å². The SMILES string of the molecule is CCC1CCCC(OCC(CO)NC2CC2)C1. The van der Waals surface area contributed by atoms with Gasteiger partial charge in [0.15, 0.2) is 0 Å². The number of hydrogen-bond donors (Lipinski definition) is 2. The highest BCUT2D eigenvalue weighted by atomic mass is 16.5. The Morgan fingerprint density at radius 2 is 2.12 bits per heavy atom. The van der Waals surface area contributed by atoms with Crippen LogP contribution in [0.3, 0.4) is 0 Å². The third-order valence-electron chi connectivity index (χ3n) is 4.11.